The number of amides is 1. The Morgan fingerprint density at radius 3 is 2.47 bits per heavy atom. The van der Waals surface area contributed by atoms with Crippen molar-refractivity contribution in [3.05, 3.63) is 102 Å². The van der Waals surface area contributed by atoms with E-state index >= 15 is 0 Å². The van der Waals surface area contributed by atoms with Gasteiger partial charge >= 0.3 is 0 Å². The molecular formula is C27H21FN2OS. The Bertz CT molecular complexity index is 1410. The summed E-state index contributed by atoms with van der Waals surface area (Å²) in [6, 6.07) is 28.4. The van der Waals surface area contributed by atoms with Crippen molar-refractivity contribution in [2.24, 2.45) is 0 Å². The minimum Gasteiger partial charge on any atom is -0.354 e. The van der Waals surface area contributed by atoms with Crippen molar-refractivity contribution in [3.8, 4) is 11.3 Å². The van der Waals surface area contributed by atoms with Gasteiger partial charge in [0.2, 0.25) is 0 Å². The van der Waals surface area contributed by atoms with Gasteiger partial charge in [0.25, 0.3) is 5.91 Å². The summed E-state index contributed by atoms with van der Waals surface area (Å²) in [7, 11) is 0. The van der Waals surface area contributed by atoms with Gasteiger partial charge in [-0.05, 0) is 58.8 Å². The summed E-state index contributed by atoms with van der Waals surface area (Å²) in [4.78, 5) is 17.2. The number of aromatic amines is 1. The molecule has 0 unspecified atom stereocenters. The molecule has 1 amide bonds. The average molecular weight is 441 g/mol. The highest BCUT2D eigenvalue weighted by Crippen LogP contribution is 2.37. The molecule has 0 saturated heterocycles. The van der Waals surface area contributed by atoms with E-state index < -0.39 is 0 Å². The topological polar surface area (TPSA) is 44.9 Å². The number of rotatable bonds is 6. The number of benzene rings is 4. The van der Waals surface area contributed by atoms with Crippen LogP contribution in [0.3, 0.4) is 0 Å². The standard InChI is InChI=1S/C27H21FN2OS/c28-22-13-11-19(12-14-22)25-26(23-7-3-4-8-24(23)30-25)32-16-15-29-27(31)21-10-9-18-5-1-2-6-20(18)17-21/h1-14,17,30H,15-16H2,(H,29,31). The number of hydrogen-bond acceptors (Lipinski definition) is 2. The predicted molar refractivity (Wildman–Crippen MR) is 131 cm³/mol. The molecule has 1 heterocycles. The molecule has 0 fully saturated rings. The minimum absolute atomic E-state index is 0.0750. The zero-order chi connectivity index (χ0) is 21.9. The lowest BCUT2D eigenvalue weighted by atomic mass is 10.1. The fourth-order valence-corrected chi connectivity index (χ4v) is 4.89. The summed E-state index contributed by atoms with van der Waals surface area (Å²) in [6.07, 6.45) is 0. The lowest BCUT2D eigenvalue weighted by Crippen LogP contribution is -2.25. The molecule has 0 aliphatic heterocycles. The Kier molecular flexibility index (Phi) is 5.65. The first-order chi connectivity index (χ1) is 15.7. The van der Waals surface area contributed by atoms with Crippen molar-refractivity contribution < 1.29 is 9.18 Å². The van der Waals surface area contributed by atoms with Crippen LogP contribution in [0.4, 0.5) is 4.39 Å². The maximum Gasteiger partial charge on any atom is 0.251 e. The molecule has 4 aromatic carbocycles. The number of hydrogen-bond donors (Lipinski definition) is 2. The van der Waals surface area contributed by atoms with Gasteiger partial charge in [0.05, 0.1) is 5.69 Å². The molecule has 1 aromatic heterocycles. The molecule has 0 atom stereocenters. The van der Waals surface area contributed by atoms with Gasteiger partial charge in [-0.1, -0.05) is 48.5 Å². The molecule has 0 radical (unpaired) electrons. The molecule has 5 rings (SSSR count). The first kappa shape index (κ1) is 20.3. The zero-order valence-corrected chi connectivity index (χ0v) is 18.1. The first-order valence-corrected chi connectivity index (χ1v) is 11.4. The molecule has 0 spiro atoms. The highest BCUT2D eigenvalue weighted by Gasteiger charge is 2.14. The number of thioether (sulfide) groups is 1. The van der Waals surface area contributed by atoms with Gasteiger partial charge in [-0.15, -0.1) is 11.8 Å². The van der Waals surface area contributed by atoms with Crippen molar-refractivity contribution >= 4 is 39.3 Å². The number of para-hydroxylation sites is 1. The van der Waals surface area contributed by atoms with Gasteiger partial charge in [0.1, 0.15) is 5.82 Å². The number of aromatic nitrogens is 1. The highest BCUT2D eigenvalue weighted by molar-refractivity contribution is 7.99. The number of halogens is 1. The fraction of sp³-hybridized carbons (Fsp3) is 0.0741. The maximum atomic E-state index is 13.4. The molecule has 0 saturated carbocycles. The molecule has 5 aromatic rings. The second-order valence-electron chi connectivity index (χ2n) is 7.55. The molecule has 0 aliphatic rings. The smallest absolute Gasteiger partial charge is 0.251 e. The quantitative estimate of drug-likeness (QED) is 0.229. The fourth-order valence-electron chi connectivity index (χ4n) is 3.84. The van der Waals surface area contributed by atoms with Gasteiger partial charge in [-0.2, -0.15) is 0 Å². The number of H-pyrrole nitrogens is 1. The van der Waals surface area contributed by atoms with Crippen LogP contribution in [0, 0.1) is 5.82 Å². The molecule has 158 valence electrons. The molecule has 5 heteroatoms. The van der Waals surface area contributed by atoms with E-state index in [4.69, 9.17) is 0 Å². The molecule has 0 aliphatic carbocycles. The number of fused-ring (bicyclic) bond motifs is 2. The van der Waals surface area contributed by atoms with E-state index in [1.54, 1.807) is 23.9 Å². The molecular weight excluding hydrogens is 419 g/mol. The van der Waals surface area contributed by atoms with Crippen LogP contribution in [-0.2, 0) is 0 Å². The Morgan fingerprint density at radius 2 is 1.62 bits per heavy atom. The largest absolute Gasteiger partial charge is 0.354 e. The first-order valence-electron chi connectivity index (χ1n) is 10.5. The summed E-state index contributed by atoms with van der Waals surface area (Å²) in [5.41, 5.74) is 3.60. The van der Waals surface area contributed by atoms with Crippen LogP contribution in [0.1, 0.15) is 10.4 Å². The normalized spacial score (nSPS) is 11.2. The molecule has 32 heavy (non-hydrogen) atoms. The highest BCUT2D eigenvalue weighted by atomic mass is 32.2. The van der Waals surface area contributed by atoms with Gasteiger partial charge < -0.3 is 10.3 Å². The van der Waals surface area contributed by atoms with Gasteiger partial charge in [-0.3, -0.25) is 4.79 Å². The van der Waals surface area contributed by atoms with Gasteiger partial charge in [0, 0.05) is 33.7 Å². The van der Waals surface area contributed by atoms with Crippen LogP contribution >= 0.6 is 11.8 Å². The summed E-state index contributed by atoms with van der Waals surface area (Å²) >= 11 is 1.68. The van der Waals surface area contributed by atoms with Gasteiger partial charge in [0.15, 0.2) is 0 Å². The van der Waals surface area contributed by atoms with Crippen molar-refractivity contribution in [1.29, 1.82) is 0 Å². The average Bonchev–Trinajstić information content (AvgIpc) is 3.20. The number of carbonyl (C=O) groups is 1. The lowest BCUT2D eigenvalue weighted by Gasteiger charge is -2.08. The van der Waals surface area contributed by atoms with Crippen molar-refractivity contribution in [3.63, 3.8) is 0 Å². The molecule has 0 bridgehead atoms. The lowest BCUT2D eigenvalue weighted by molar-refractivity contribution is 0.0956. The SMILES string of the molecule is O=C(NCCSc1c(-c2ccc(F)cc2)[nH]c2ccccc12)c1ccc2ccccc2c1. The van der Waals surface area contributed by atoms with Crippen molar-refractivity contribution in [2.75, 3.05) is 12.3 Å². The summed E-state index contributed by atoms with van der Waals surface area (Å²) in [6.45, 7) is 0.540. The minimum atomic E-state index is -0.254. The molecule has 2 N–H and O–H groups in total. The van der Waals surface area contributed by atoms with E-state index in [1.165, 1.54) is 12.1 Å². The Morgan fingerprint density at radius 1 is 0.875 bits per heavy atom. The van der Waals surface area contributed by atoms with Crippen molar-refractivity contribution in [1.82, 2.24) is 10.3 Å². The number of nitrogens with one attached hydrogen (secondary N) is 2. The van der Waals surface area contributed by atoms with Crippen LogP contribution in [0.5, 0.6) is 0 Å². The summed E-state index contributed by atoms with van der Waals surface area (Å²) in [5.74, 6) is 0.388. The van der Waals surface area contributed by atoms with Crippen LogP contribution in [0.2, 0.25) is 0 Å². The van der Waals surface area contributed by atoms with E-state index in [0.717, 1.165) is 43.6 Å². The van der Waals surface area contributed by atoms with E-state index in [0.29, 0.717) is 12.1 Å². The third kappa shape index (κ3) is 4.12. The van der Waals surface area contributed by atoms with Gasteiger partial charge in [-0.25, -0.2) is 4.39 Å². The Labute approximate surface area is 189 Å². The second kappa shape index (κ2) is 8.89. The van der Waals surface area contributed by atoms with E-state index in [2.05, 4.69) is 16.4 Å². The summed E-state index contributed by atoms with van der Waals surface area (Å²) in [5, 5.41) is 6.31. The van der Waals surface area contributed by atoms with Crippen LogP contribution in [-0.4, -0.2) is 23.2 Å². The predicted octanol–water partition coefficient (Wildman–Crippen LogP) is 6.65. The van der Waals surface area contributed by atoms with E-state index in [-0.39, 0.29) is 11.7 Å². The van der Waals surface area contributed by atoms with Crippen LogP contribution in [0.25, 0.3) is 32.9 Å². The summed E-state index contributed by atoms with van der Waals surface area (Å²) < 4.78 is 13.4. The van der Waals surface area contributed by atoms with Crippen LogP contribution < -0.4 is 5.32 Å². The third-order valence-corrected chi connectivity index (χ3v) is 6.56. The monoisotopic (exact) mass is 440 g/mol. The van der Waals surface area contributed by atoms with E-state index in [9.17, 15) is 9.18 Å². The Hall–Kier alpha value is -3.57. The molecule has 3 nitrogen and oxygen atoms in total. The maximum absolute atomic E-state index is 13.4. The number of carbonyl (C=O) groups excluding carboxylic acids is 1. The van der Waals surface area contributed by atoms with Crippen molar-refractivity contribution in [2.45, 2.75) is 4.90 Å². The zero-order valence-electron chi connectivity index (χ0n) is 17.3. The Balaban J connectivity index is 1.30. The van der Waals surface area contributed by atoms with Crippen LogP contribution in [0.15, 0.2) is 95.9 Å². The third-order valence-electron chi connectivity index (χ3n) is 5.44. The second-order valence-corrected chi connectivity index (χ2v) is 8.65. The van der Waals surface area contributed by atoms with E-state index in [1.807, 2.05) is 60.7 Å².